The number of nitrogens with zero attached hydrogens (tertiary/aromatic N) is 3. The SMILES string of the molecule is Cc1ncc(C=O)c2c1cnn2COCC[Si](C)(C)C. The zero-order chi connectivity index (χ0) is 14.8. The van der Waals surface area contributed by atoms with Crippen LogP contribution in [0.2, 0.25) is 25.7 Å². The van der Waals surface area contributed by atoms with Crippen LogP contribution >= 0.6 is 0 Å². The highest BCUT2D eigenvalue weighted by atomic mass is 28.3. The summed E-state index contributed by atoms with van der Waals surface area (Å²) in [5.74, 6) is 0. The van der Waals surface area contributed by atoms with Crippen molar-refractivity contribution in [1.82, 2.24) is 14.8 Å². The van der Waals surface area contributed by atoms with Gasteiger partial charge < -0.3 is 4.74 Å². The Kier molecular flexibility index (Phi) is 4.34. The first kappa shape index (κ1) is 14.9. The second-order valence-electron chi connectivity index (χ2n) is 6.17. The molecule has 0 atom stereocenters. The maximum atomic E-state index is 11.1. The van der Waals surface area contributed by atoms with E-state index in [1.807, 2.05) is 6.92 Å². The fourth-order valence-corrected chi connectivity index (χ4v) is 2.72. The van der Waals surface area contributed by atoms with Gasteiger partial charge in [0.05, 0.1) is 17.3 Å². The maximum Gasteiger partial charge on any atom is 0.153 e. The number of carbonyl (C=O) groups is 1. The molecular formula is C14H21N3O2Si. The number of ether oxygens (including phenoxy) is 1. The van der Waals surface area contributed by atoms with Crippen molar-refractivity contribution >= 4 is 25.3 Å². The largest absolute Gasteiger partial charge is 0.360 e. The Bertz CT molecular complexity index is 617. The van der Waals surface area contributed by atoms with Gasteiger partial charge in [-0.15, -0.1) is 0 Å². The van der Waals surface area contributed by atoms with E-state index in [1.54, 1.807) is 17.1 Å². The van der Waals surface area contributed by atoms with Crippen LogP contribution in [0.15, 0.2) is 12.4 Å². The Labute approximate surface area is 120 Å². The van der Waals surface area contributed by atoms with Crippen LogP contribution in [0, 0.1) is 6.92 Å². The van der Waals surface area contributed by atoms with Crippen LogP contribution in [0.25, 0.3) is 10.9 Å². The summed E-state index contributed by atoms with van der Waals surface area (Å²) in [5, 5.41) is 5.21. The van der Waals surface area contributed by atoms with Gasteiger partial charge in [0.2, 0.25) is 0 Å². The molecular weight excluding hydrogens is 270 g/mol. The molecule has 5 nitrogen and oxygen atoms in total. The fraction of sp³-hybridized carbons (Fsp3) is 0.500. The predicted octanol–water partition coefficient (Wildman–Crippen LogP) is 2.86. The van der Waals surface area contributed by atoms with Gasteiger partial charge in [0.25, 0.3) is 0 Å². The highest BCUT2D eigenvalue weighted by molar-refractivity contribution is 6.76. The minimum absolute atomic E-state index is 0.373. The summed E-state index contributed by atoms with van der Waals surface area (Å²) < 4.78 is 7.43. The average molecular weight is 291 g/mol. The smallest absolute Gasteiger partial charge is 0.153 e. The second-order valence-corrected chi connectivity index (χ2v) is 11.8. The zero-order valence-electron chi connectivity index (χ0n) is 12.5. The van der Waals surface area contributed by atoms with E-state index in [0.29, 0.717) is 12.3 Å². The predicted molar refractivity (Wildman–Crippen MR) is 81.8 cm³/mol. The third-order valence-electron chi connectivity index (χ3n) is 3.24. The van der Waals surface area contributed by atoms with E-state index in [9.17, 15) is 4.79 Å². The first-order chi connectivity index (χ1) is 9.42. The van der Waals surface area contributed by atoms with Crippen molar-refractivity contribution in [2.45, 2.75) is 39.3 Å². The van der Waals surface area contributed by atoms with Crippen LogP contribution in [0.3, 0.4) is 0 Å². The van der Waals surface area contributed by atoms with Crippen LogP contribution in [0.5, 0.6) is 0 Å². The number of aromatic nitrogens is 3. The number of hydrogen-bond donors (Lipinski definition) is 0. The molecule has 108 valence electrons. The minimum atomic E-state index is -1.08. The molecule has 0 aliphatic rings. The van der Waals surface area contributed by atoms with Crippen molar-refractivity contribution in [3.05, 3.63) is 23.7 Å². The Hall–Kier alpha value is -1.53. The molecule has 0 amide bonds. The van der Waals surface area contributed by atoms with Gasteiger partial charge in [-0.25, -0.2) is 4.68 Å². The van der Waals surface area contributed by atoms with Crippen molar-refractivity contribution in [2.24, 2.45) is 0 Å². The fourth-order valence-electron chi connectivity index (χ4n) is 1.97. The summed E-state index contributed by atoms with van der Waals surface area (Å²) >= 11 is 0. The van der Waals surface area contributed by atoms with Crippen LogP contribution in [0.1, 0.15) is 16.1 Å². The van der Waals surface area contributed by atoms with Gasteiger partial charge >= 0.3 is 0 Å². The van der Waals surface area contributed by atoms with E-state index in [-0.39, 0.29) is 0 Å². The highest BCUT2D eigenvalue weighted by Gasteiger charge is 2.13. The molecule has 6 heteroatoms. The summed E-state index contributed by atoms with van der Waals surface area (Å²) in [4.78, 5) is 15.3. The number of hydrogen-bond acceptors (Lipinski definition) is 4. The van der Waals surface area contributed by atoms with E-state index >= 15 is 0 Å². The molecule has 0 saturated heterocycles. The molecule has 0 spiro atoms. The molecule has 0 unspecified atom stereocenters. The molecule has 0 radical (unpaired) electrons. The summed E-state index contributed by atoms with van der Waals surface area (Å²) in [6.07, 6.45) is 4.15. The number of fused-ring (bicyclic) bond motifs is 1. The van der Waals surface area contributed by atoms with Gasteiger partial charge in [-0.1, -0.05) is 19.6 Å². The number of carbonyl (C=O) groups excluding carboxylic acids is 1. The van der Waals surface area contributed by atoms with Gasteiger partial charge in [-0.2, -0.15) is 5.10 Å². The molecule has 0 N–H and O–H groups in total. The number of pyridine rings is 1. The normalized spacial score (nSPS) is 12.0. The lowest BCUT2D eigenvalue weighted by molar-refractivity contribution is 0.0815. The van der Waals surface area contributed by atoms with Crippen molar-refractivity contribution in [2.75, 3.05) is 6.61 Å². The lowest BCUT2D eigenvalue weighted by Crippen LogP contribution is -2.22. The van der Waals surface area contributed by atoms with Crippen LogP contribution in [0.4, 0.5) is 0 Å². The molecule has 0 aliphatic heterocycles. The second kappa shape index (κ2) is 5.84. The van der Waals surface area contributed by atoms with Crippen LogP contribution < -0.4 is 0 Å². The highest BCUT2D eigenvalue weighted by Crippen LogP contribution is 2.19. The third-order valence-corrected chi connectivity index (χ3v) is 4.94. The van der Waals surface area contributed by atoms with Gasteiger partial charge in [-0.05, 0) is 13.0 Å². The summed E-state index contributed by atoms with van der Waals surface area (Å²) in [6, 6.07) is 1.12. The average Bonchev–Trinajstić information content (AvgIpc) is 2.79. The first-order valence-corrected chi connectivity index (χ1v) is 10.5. The summed E-state index contributed by atoms with van der Waals surface area (Å²) in [5.41, 5.74) is 2.23. The first-order valence-electron chi connectivity index (χ1n) is 6.76. The van der Waals surface area contributed by atoms with Gasteiger partial charge in [0.15, 0.2) is 6.29 Å². The Balaban J connectivity index is 2.15. The van der Waals surface area contributed by atoms with Gasteiger partial charge in [0, 0.05) is 32.0 Å². The zero-order valence-corrected chi connectivity index (χ0v) is 13.5. The number of rotatable bonds is 6. The number of aryl methyl sites for hydroxylation is 1. The molecule has 0 aromatic carbocycles. The van der Waals surface area contributed by atoms with E-state index in [4.69, 9.17) is 4.74 Å². The molecule has 2 aromatic heterocycles. The molecule has 2 rings (SSSR count). The van der Waals surface area contributed by atoms with E-state index in [1.165, 1.54) is 0 Å². The lowest BCUT2D eigenvalue weighted by Gasteiger charge is -2.15. The Morgan fingerprint density at radius 1 is 1.35 bits per heavy atom. The van der Waals surface area contributed by atoms with Crippen molar-refractivity contribution in [3.8, 4) is 0 Å². The topological polar surface area (TPSA) is 57.0 Å². The molecule has 2 aromatic rings. The molecule has 2 heterocycles. The third kappa shape index (κ3) is 3.32. The van der Waals surface area contributed by atoms with Crippen LogP contribution in [-0.2, 0) is 11.5 Å². The van der Waals surface area contributed by atoms with Crippen molar-refractivity contribution < 1.29 is 9.53 Å². The van der Waals surface area contributed by atoms with E-state index < -0.39 is 8.07 Å². The van der Waals surface area contributed by atoms with E-state index in [0.717, 1.165) is 35.5 Å². The van der Waals surface area contributed by atoms with Crippen LogP contribution in [-0.4, -0.2) is 35.7 Å². The van der Waals surface area contributed by atoms with Gasteiger partial charge in [0.1, 0.15) is 6.73 Å². The van der Waals surface area contributed by atoms with Crippen molar-refractivity contribution in [3.63, 3.8) is 0 Å². The lowest BCUT2D eigenvalue weighted by atomic mass is 10.2. The quantitative estimate of drug-likeness (QED) is 0.466. The Morgan fingerprint density at radius 3 is 2.75 bits per heavy atom. The van der Waals surface area contributed by atoms with Crippen molar-refractivity contribution in [1.29, 1.82) is 0 Å². The van der Waals surface area contributed by atoms with E-state index in [2.05, 4.69) is 29.7 Å². The minimum Gasteiger partial charge on any atom is -0.360 e. The molecule has 0 saturated carbocycles. The molecule has 0 aliphatic carbocycles. The summed E-state index contributed by atoms with van der Waals surface area (Å²) in [6.45, 7) is 9.97. The molecule has 0 bridgehead atoms. The molecule has 20 heavy (non-hydrogen) atoms. The molecule has 0 fully saturated rings. The monoisotopic (exact) mass is 291 g/mol. The Morgan fingerprint density at radius 2 is 2.10 bits per heavy atom. The van der Waals surface area contributed by atoms with Gasteiger partial charge in [-0.3, -0.25) is 9.78 Å². The number of aldehydes is 1. The summed E-state index contributed by atoms with van der Waals surface area (Å²) in [7, 11) is -1.08. The maximum absolute atomic E-state index is 11.1. The standard InChI is InChI=1S/C14H21N3O2Si/c1-11-13-8-16-17(10-19-5-6-20(2,3)4)14(13)12(9-18)7-15-11/h7-9H,5-6,10H2,1-4H3.